The standard InChI is InChI=1S/Fe.Li.Mn.H3N.3H2O4S/c;;;;3*1-5(2,3)4/h;;;1H3;3*(H2,1,2,3,4)/q+2;+1;+2;;;;/p-5. The zero-order valence-corrected chi connectivity index (χ0v) is 13.6. The summed E-state index contributed by atoms with van der Waals surface area (Å²) >= 11 is 0. The summed E-state index contributed by atoms with van der Waals surface area (Å²) in [5, 5.41) is 0. The first kappa shape index (κ1) is 42.7. The minimum Gasteiger partial charge on any atom is -0.759 e. The van der Waals surface area contributed by atoms with E-state index in [-0.39, 0.29) is 59.1 Å². The summed E-state index contributed by atoms with van der Waals surface area (Å²) in [6.45, 7) is 0. The Labute approximate surface area is 142 Å². The van der Waals surface area contributed by atoms with E-state index in [1.807, 2.05) is 0 Å². The normalized spacial score (nSPS) is 9.16. The molecule has 13 nitrogen and oxygen atoms in total. The van der Waals surface area contributed by atoms with Crippen LogP contribution in [0.5, 0.6) is 0 Å². The first-order chi connectivity index (χ1) is 6.00. The number of hydrogen-bond donors (Lipinski definition) is 1. The van der Waals surface area contributed by atoms with Crippen LogP contribution in [-0.2, 0) is 65.3 Å². The molecule has 0 saturated carbocycles. The Kier molecular flexibility index (Phi) is 38.8. The van der Waals surface area contributed by atoms with Crippen LogP contribution >= 0.6 is 0 Å². The van der Waals surface area contributed by atoms with E-state index >= 15 is 0 Å². The third-order valence-corrected chi connectivity index (χ3v) is 0. The van der Waals surface area contributed by atoms with Gasteiger partial charge in [-0.15, -0.1) is 0 Å². The fourth-order valence-electron chi connectivity index (χ4n) is 0. The second kappa shape index (κ2) is 17.3. The third-order valence-electron chi connectivity index (χ3n) is 0. The molecular formula is H4FeLiMnNO12S3. The average molecular weight is 424 g/mol. The summed E-state index contributed by atoms with van der Waals surface area (Å²) in [5.41, 5.74) is 0. The van der Waals surface area contributed by atoms with Crippen LogP contribution in [0, 0.1) is 0 Å². The molecule has 0 aromatic rings. The Morgan fingerprint density at radius 2 is 0.526 bits per heavy atom. The largest absolute Gasteiger partial charge is 2.00 e. The van der Waals surface area contributed by atoms with Crippen molar-refractivity contribution >= 4 is 31.2 Å². The van der Waals surface area contributed by atoms with Crippen molar-refractivity contribution < 1.29 is 106 Å². The summed E-state index contributed by atoms with van der Waals surface area (Å²) in [6, 6.07) is 0. The van der Waals surface area contributed by atoms with Crippen molar-refractivity contribution in [1.82, 2.24) is 6.15 Å². The molecule has 0 spiro atoms. The van der Waals surface area contributed by atoms with Crippen molar-refractivity contribution in [1.29, 1.82) is 0 Å². The SMILES string of the molecule is O=S(=O)([O-])[O-].O=S(=O)([O-])[O-].O=S(=O)([O-])[O-].[Fe+2].[Li+].[Mn+2].[NH4+]. The molecule has 0 heterocycles. The molecule has 0 aliphatic heterocycles. The van der Waals surface area contributed by atoms with E-state index in [0.29, 0.717) is 0 Å². The molecule has 0 amide bonds. The quantitative estimate of drug-likeness (QED) is 0.216. The molecule has 0 atom stereocenters. The van der Waals surface area contributed by atoms with Crippen molar-refractivity contribution in [3.63, 3.8) is 0 Å². The first-order valence-corrected chi connectivity index (χ1v) is 6.00. The summed E-state index contributed by atoms with van der Waals surface area (Å²) in [5.74, 6) is 0. The first-order valence-electron chi connectivity index (χ1n) is 2.00. The zero-order valence-electron chi connectivity index (χ0n) is 8.86. The van der Waals surface area contributed by atoms with Gasteiger partial charge in [0.05, 0.1) is 0 Å². The molecule has 19 heteroatoms. The Bertz CT molecular complexity index is 354. The summed E-state index contributed by atoms with van der Waals surface area (Å²) < 4.78 is 102. The van der Waals surface area contributed by atoms with E-state index in [1.165, 1.54) is 0 Å². The fourth-order valence-corrected chi connectivity index (χ4v) is 0. The average Bonchev–Trinajstić information content (AvgIpc) is 1.41. The van der Waals surface area contributed by atoms with Crippen molar-refractivity contribution in [3.05, 3.63) is 0 Å². The second-order valence-corrected chi connectivity index (χ2v) is 3.67. The van der Waals surface area contributed by atoms with E-state index in [9.17, 15) is 0 Å². The van der Waals surface area contributed by atoms with Crippen LogP contribution in [0.2, 0.25) is 0 Å². The van der Waals surface area contributed by atoms with Gasteiger partial charge in [-0.05, 0) is 0 Å². The molecule has 0 bridgehead atoms. The Balaban J connectivity index is -0.0000000206. The topological polar surface area (TPSA) is 277 Å². The zero-order chi connectivity index (χ0) is 13.5. The van der Waals surface area contributed by atoms with Gasteiger partial charge in [0.1, 0.15) is 0 Å². The Morgan fingerprint density at radius 3 is 0.526 bits per heavy atom. The Hall–Kier alpha value is 1.21. The van der Waals surface area contributed by atoms with Gasteiger partial charge in [0.25, 0.3) is 0 Å². The maximum absolute atomic E-state index is 8.52. The number of rotatable bonds is 0. The van der Waals surface area contributed by atoms with Crippen LogP contribution < -0.4 is 25.0 Å². The molecule has 0 unspecified atom stereocenters. The Morgan fingerprint density at radius 1 is 0.526 bits per heavy atom. The molecule has 0 aromatic carbocycles. The maximum Gasteiger partial charge on any atom is 2.00 e. The third kappa shape index (κ3) is 3910. The molecule has 0 aromatic heterocycles. The van der Waals surface area contributed by atoms with E-state index in [4.69, 9.17) is 52.6 Å². The van der Waals surface area contributed by atoms with Crippen LogP contribution in [0.25, 0.3) is 0 Å². The molecule has 0 saturated heterocycles. The fraction of sp³-hybridized carbons (Fsp3) is 0. The van der Waals surface area contributed by atoms with Crippen LogP contribution in [0.3, 0.4) is 0 Å². The van der Waals surface area contributed by atoms with Gasteiger partial charge in [-0.2, -0.15) is 0 Å². The van der Waals surface area contributed by atoms with E-state index in [1.54, 1.807) is 0 Å². The van der Waals surface area contributed by atoms with Crippen molar-refractivity contribution in [3.8, 4) is 0 Å². The molecular weight excluding hydrogens is 420 g/mol. The van der Waals surface area contributed by atoms with Crippen molar-refractivity contribution in [2.45, 2.75) is 0 Å². The predicted molar refractivity (Wildman–Crippen MR) is 37.4 cm³/mol. The molecule has 0 aliphatic rings. The van der Waals surface area contributed by atoms with Crippen LogP contribution in [-0.4, -0.2) is 52.6 Å². The molecule has 0 fully saturated rings. The number of quaternary nitrogens is 1. The van der Waals surface area contributed by atoms with Crippen LogP contribution in [0.1, 0.15) is 0 Å². The van der Waals surface area contributed by atoms with Crippen molar-refractivity contribution in [2.75, 3.05) is 0 Å². The van der Waals surface area contributed by atoms with Gasteiger partial charge in [0.2, 0.25) is 0 Å². The van der Waals surface area contributed by atoms with E-state index < -0.39 is 31.2 Å². The smallest absolute Gasteiger partial charge is 0.759 e. The molecule has 19 heavy (non-hydrogen) atoms. The monoisotopic (exact) mass is 424 g/mol. The number of hydrogen-bond acceptors (Lipinski definition) is 12. The molecule has 0 rings (SSSR count). The van der Waals surface area contributed by atoms with Gasteiger partial charge in [0, 0.05) is 31.2 Å². The van der Waals surface area contributed by atoms with E-state index in [2.05, 4.69) is 0 Å². The van der Waals surface area contributed by atoms with Gasteiger partial charge in [0.15, 0.2) is 0 Å². The van der Waals surface area contributed by atoms with Gasteiger partial charge >= 0.3 is 53.0 Å². The molecule has 1 radical (unpaired) electrons. The maximum atomic E-state index is 8.52. The molecule has 4 N–H and O–H groups in total. The minimum absolute atomic E-state index is 0. The van der Waals surface area contributed by atoms with Crippen molar-refractivity contribution in [2.24, 2.45) is 0 Å². The summed E-state index contributed by atoms with van der Waals surface area (Å²) in [6.07, 6.45) is 0. The van der Waals surface area contributed by atoms with E-state index in [0.717, 1.165) is 0 Å². The van der Waals surface area contributed by atoms with Gasteiger partial charge in [-0.25, -0.2) is 0 Å². The molecule has 115 valence electrons. The van der Waals surface area contributed by atoms with Gasteiger partial charge in [-0.3, -0.25) is 25.3 Å². The van der Waals surface area contributed by atoms with Gasteiger partial charge in [-0.1, -0.05) is 0 Å². The van der Waals surface area contributed by atoms with Crippen LogP contribution in [0.4, 0.5) is 0 Å². The second-order valence-electron chi connectivity index (χ2n) is 1.22. The van der Waals surface area contributed by atoms with Crippen LogP contribution in [0.15, 0.2) is 0 Å². The molecule has 0 aliphatic carbocycles. The predicted octanol–water partition coefficient (Wildman–Crippen LogP) is -6.64. The van der Waals surface area contributed by atoms with Gasteiger partial charge < -0.3 is 33.5 Å². The summed E-state index contributed by atoms with van der Waals surface area (Å²) in [7, 11) is -15.5. The minimum atomic E-state index is -5.17. The summed E-state index contributed by atoms with van der Waals surface area (Å²) in [4.78, 5) is 0.